The molecule has 1 aromatic carbocycles. The number of methoxy groups -OCH3 is 1. The molecule has 7 nitrogen and oxygen atoms in total. The molecule has 0 radical (unpaired) electrons. The van der Waals surface area contributed by atoms with Crippen LogP contribution in [0.4, 0.5) is 33.5 Å². The minimum atomic E-state index is -4.84. The van der Waals surface area contributed by atoms with Crippen LogP contribution in [0.5, 0.6) is 5.75 Å². The molecule has 1 aliphatic heterocycles. The van der Waals surface area contributed by atoms with Gasteiger partial charge in [-0.25, -0.2) is 23.7 Å². The number of aromatic nitrogens is 2. The van der Waals surface area contributed by atoms with Gasteiger partial charge in [-0.2, -0.15) is 13.2 Å². The molecule has 0 fully saturated rings. The number of nitrogens with zero attached hydrogens (tertiary/aromatic N) is 3. The highest BCUT2D eigenvalue weighted by Gasteiger charge is 2.52. The van der Waals surface area contributed by atoms with E-state index in [0.717, 1.165) is 6.07 Å². The molecule has 12 heteroatoms. The highest BCUT2D eigenvalue weighted by atomic mass is 19.4. The summed E-state index contributed by atoms with van der Waals surface area (Å²) in [6.45, 7) is -1.42. The Morgan fingerprint density at radius 3 is 2.73 bits per heavy atom. The summed E-state index contributed by atoms with van der Waals surface area (Å²) in [5.74, 6) is -0.112. The summed E-state index contributed by atoms with van der Waals surface area (Å²) in [7, 11) is 1.50. The zero-order valence-electron chi connectivity index (χ0n) is 17.2. The number of fused-ring (bicyclic) bond motifs is 1. The Kier molecular flexibility index (Phi) is 5.68. The van der Waals surface area contributed by atoms with Crippen molar-refractivity contribution in [2.45, 2.75) is 24.2 Å². The van der Waals surface area contributed by atoms with Crippen molar-refractivity contribution in [2.24, 2.45) is 10.7 Å². The van der Waals surface area contributed by atoms with Gasteiger partial charge in [-0.05, 0) is 30.3 Å². The van der Waals surface area contributed by atoms with Gasteiger partial charge in [0.25, 0.3) is 6.02 Å². The molecule has 33 heavy (non-hydrogen) atoms. The average Bonchev–Trinajstić information content (AvgIpc) is 2.79. The Morgan fingerprint density at radius 1 is 1.24 bits per heavy atom. The number of halogens is 5. The van der Waals surface area contributed by atoms with Gasteiger partial charge in [-0.1, -0.05) is 0 Å². The van der Waals surface area contributed by atoms with Crippen LogP contribution >= 0.6 is 0 Å². The maximum Gasteiger partial charge on any atom is 0.425 e. The van der Waals surface area contributed by atoms with E-state index < -0.39 is 48.3 Å². The van der Waals surface area contributed by atoms with Gasteiger partial charge in [0.1, 0.15) is 29.3 Å². The highest BCUT2D eigenvalue weighted by molar-refractivity contribution is 5.90. The summed E-state index contributed by atoms with van der Waals surface area (Å²) < 4.78 is 78.5. The average molecular weight is 467 g/mol. The molecular formula is C21H18F5N5O2. The van der Waals surface area contributed by atoms with Gasteiger partial charge in [0, 0.05) is 29.3 Å². The fourth-order valence-corrected chi connectivity index (χ4v) is 3.63. The smallest absolute Gasteiger partial charge is 0.425 e. The summed E-state index contributed by atoms with van der Waals surface area (Å²) in [5, 5.41) is 3.65. The van der Waals surface area contributed by atoms with E-state index in [-0.39, 0.29) is 5.69 Å². The van der Waals surface area contributed by atoms with Crippen LogP contribution in [0.25, 0.3) is 10.9 Å². The molecule has 0 aliphatic carbocycles. The standard InChI is InChI=1S/C21H18F5N5O2/c1-32-13-6-11-4-5-28-18(17(11)29-9-13)30-12-2-3-15(23)14(7-12)20(10-22)8-16(21(24,25)26)33-19(27)31-20/h2-7,9,16H,8,10H2,1H3,(H2,27,31)(H,28,30). The van der Waals surface area contributed by atoms with Gasteiger partial charge in [0.2, 0.25) is 0 Å². The Bertz CT molecular complexity index is 1220. The van der Waals surface area contributed by atoms with Crippen LogP contribution in [0.1, 0.15) is 12.0 Å². The second-order valence-corrected chi connectivity index (χ2v) is 7.39. The van der Waals surface area contributed by atoms with Gasteiger partial charge in [0.05, 0.1) is 13.3 Å². The molecule has 4 rings (SSSR count). The molecule has 174 valence electrons. The van der Waals surface area contributed by atoms with E-state index in [4.69, 9.17) is 10.5 Å². The van der Waals surface area contributed by atoms with Crippen molar-refractivity contribution in [3.8, 4) is 5.75 Å². The SMILES string of the molecule is COc1cnc2c(Nc3ccc(F)c(C4(CF)CC(C(F)(F)F)OC(N)=N4)c3)nccc2c1. The summed E-state index contributed by atoms with van der Waals surface area (Å²) in [6.07, 6.45) is -5.24. The molecule has 2 aromatic heterocycles. The lowest BCUT2D eigenvalue weighted by molar-refractivity contribution is -0.209. The normalized spacial score (nSPS) is 20.8. The molecule has 2 unspecified atom stereocenters. The van der Waals surface area contributed by atoms with E-state index in [2.05, 4.69) is 25.0 Å². The number of aliphatic imine (C=N–C) groups is 1. The number of anilines is 2. The van der Waals surface area contributed by atoms with Crippen molar-refractivity contribution < 1.29 is 31.4 Å². The summed E-state index contributed by atoms with van der Waals surface area (Å²) in [4.78, 5) is 12.2. The molecule has 3 aromatic rings. The molecule has 2 atom stereocenters. The predicted octanol–water partition coefficient (Wildman–Crippen LogP) is 4.35. The molecule has 0 bridgehead atoms. The molecule has 0 saturated heterocycles. The number of nitrogens with two attached hydrogens (primary N) is 1. The Morgan fingerprint density at radius 2 is 2.03 bits per heavy atom. The van der Waals surface area contributed by atoms with Crippen LogP contribution < -0.4 is 15.8 Å². The van der Waals surface area contributed by atoms with Crippen LogP contribution in [-0.4, -0.2) is 42.1 Å². The lowest BCUT2D eigenvalue weighted by atomic mass is 9.84. The molecule has 1 aliphatic rings. The van der Waals surface area contributed by atoms with Crippen LogP contribution in [0, 0.1) is 5.82 Å². The molecule has 0 spiro atoms. The van der Waals surface area contributed by atoms with Crippen molar-refractivity contribution in [1.82, 2.24) is 9.97 Å². The number of alkyl halides is 4. The summed E-state index contributed by atoms with van der Waals surface area (Å²) in [5.41, 5.74) is 3.50. The van der Waals surface area contributed by atoms with Crippen molar-refractivity contribution in [3.63, 3.8) is 0 Å². The van der Waals surface area contributed by atoms with Crippen LogP contribution in [0.2, 0.25) is 0 Å². The number of hydrogen-bond donors (Lipinski definition) is 2. The number of ether oxygens (including phenoxy) is 2. The fourth-order valence-electron chi connectivity index (χ4n) is 3.63. The first kappa shape index (κ1) is 22.5. The maximum atomic E-state index is 14.7. The third-order valence-electron chi connectivity index (χ3n) is 5.24. The molecular weight excluding hydrogens is 449 g/mol. The zero-order valence-corrected chi connectivity index (χ0v) is 17.2. The van der Waals surface area contributed by atoms with Gasteiger partial charge >= 0.3 is 6.18 Å². The van der Waals surface area contributed by atoms with Crippen LogP contribution in [-0.2, 0) is 10.3 Å². The van der Waals surface area contributed by atoms with E-state index in [0.29, 0.717) is 22.5 Å². The van der Waals surface area contributed by atoms with Gasteiger partial charge in [-0.3, -0.25) is 0 Å². The number of rotatable bonds is 5. The van der Waals surface area contributed by atoms with Crippen molar-refractivity contribution in [2.75, 3.05) is 19.1 Å². The monoisotopic (exact) mass is 467 g/mol. The lowest BCUT2D eigenvalue weighted by Crippen LogP contribution is -2.48. The molecule has 3 N–H and O–H groups in total. The predicted molar refractivity (Wildman–Crippen MR) is 111 cm³/mol. The second kappa shape index (κ2) is 8.34. The molecule has 0 amide bonds. The number of benzene rings is 1. The Labute approximate surface area is 184 Å². The maximum absolute atomic E-state index is 14.7. The Hall–Kier alpha value is -3.70. The number of pyridine rings is 2. The molecule has 3 heterocycles. The fraction of sp³-hybridized carbons (Fsp3) is 0.286. The minimum absolute atomic E-state index is 0.237. The van der Waals surface area contributed by atoms with Gasteiger partial charge < -0.3 is 20.5 Å². The van der Waals surface area contributed by atoms with E-state index in [1.807, 2.05) is 0 Å². The van der Waals surface area contributed by atoms with E-state index >= 15 is 0 Å². The van der Waals surface area contributed by atoms with Crippen LogP contribution in [0.3, 0.4) is 0 Å². The Balaban J connectivity index is 1.74. The van der Waals surface area contributed by atoms with E-state index in [1.54, 1.807) is 12.1 Å². The third kappa shape index (κ3) is 4.32. The first-order valence-electron chi connectivity index (χ1n) is 9.65. The van der Waals surface area contributed by atoms with E-state index in [9.17, 15) is 22.0 Å². The third-order valence-corrected chi connectivity index (χ3v) is 5.24. The minimum Gasteiger partial charge on any atom is -0.495 e. The number of amidine groups is 1. The molecule has 0 saturated carbocycles. The first-order chi connectivity index (χ1) is 15.6. The van der Waals surface area contributed by atoms with Gasteiger partial charge in [0.15, 0.2) is 11.9 Å². The van der Waals surface area contributed by atoms with Crippen molar-refractivity contribution in [3.05, 3.63) is 54.1 Å². The largest absolute Gasteiger partial charge is 0.495 e. The van der Waals surface area contributed by atoms with E-state index in [1.165, 1.54) is 31.6 Å². The van der Waals surface area contributed by atoms with Crippen molar-refractivity contribution >= 4 is 28.4 Å². The zero-order chi connectivity index (χ0) is 23.8. The first-order valence-corrected chi connectivity index (χ1v) is 9.65. The van der Waals surface area contributed by atoms with Crippen molar-refractivity contribution in [1.29, 1.82) is 0 Å². The number of hydrogen-bond acceptors (Lipinski definition) is 7. The van der Waals surface area contributed by atoms with Crippen LogP contribution in [0.15, 0.2) is 47.7 Å². The second-order valence-electron chi connectivity index (χ2n) is 7.39. The topological polar surface area (TPSA) is 94.6 Å². The highest BCUT2D eigenvalue weighted by Crippen LogP contribution is 2.42. The number of nitrogens with one attached hydrogen (secondary N) is 1. The summed E-state index contributed by atoms with van der Waals surface area (Å²) >= 11 is 0. The quantitative estimate of drug-likeness (QED) is 0.542. The van der Waals surface area contributed by atoms with Gasteiger partial charge in [-0.15, -0.1) is 0 Å². The lowest BCUT2D eigenvalue weighted by Gasteiger charge is -2.36. The summed E-state index contributed by atoms with van der Waals surface area (Å²) in [6, 6.07) is 6.09.